The number of hydrogen-bond donors (Lipinski definition) is 0. The first kappa shape index (κ1) is 11.4. The van der Waals surface area contributed by atoms with Crippen LogP contribution in [0, 0.1) is 5.92 Å². The fourth-order valence-corrected chi connectivity index (χ4v) is 1.41. The molecule has 1 aromatic rings. The molecule has 0 radical (unpaired) electrons. The summed E-state index contributed by atoms with van der Waals surface area (Å²) in [5, 5.41) is 0. The van der Waals surface area contributed by atoms with Gasteiger partial charge in [-0.1, -0.05) is 13.8 Å². The number of aromatic nitrogens is 1. The molecular weight excluding hydrogens is 200 g/mol. The van der Waals surface area contributed by atoms with E-state index in [1.54, 1.807) is 6.26 Å². The van der Waals surface area contributed by atoms with Crippen molar-refractivity contribution in [2.24, 2.45) is 5.92 Å². The fourth-order valence-electron chi connectivity index (χ4n) is 1.29. The van der Waals surface area contributed by atoms with Gasteiger partial charge in [-0.05, 0) is 12.8 Å². The maximum atomic E-state index is 5.65. The molecule has 0 aliphatic heterocycles. The summed E-state index contributed by atoms with van der Waals surface area (Å²) in [6.45, 7) is 8.30. The molecule has 1 rings (SSSR count). The van der Waals surface area contributed by atoms with Crippen molar-refractivity contribution < 1.29 is 4.42 Å². The van der Waals surface area contributed by atoms with Gasteiger partial charge in [0.15, 0.2) is 0 Å². The normalized spacial score (nSPS) is 10.9. The first-order valence-electron chi connectivity index (χ1n) is 4.92. The molecule has 0 aliphatic rings. The summed E-state index contributed by atoms with van der Waals surface area (Å²) >= 11 is 5.65. The van der Waals surface area contributed by atoms with Gasteiger partial charge in [0.25, 0.3) is 6.01 Å². The topological polar surface area (TPSA) is 29.3 Å². The number of alkyl halides is 1. The maximum absolute atomic E-state index is 5.65. The van der Waals surface area contributed by atoms with E-state index >= 15 is 0 Å². The molecule has 14 heavy (non-hydrogen) atoms. The fraction of sp³-hybridized carbons (Fsp3) is 0.700. The Balaban J connectivity index is 2.68. The predicted molar refractivity (Wildman–Crippen MR) is 58.8 cm³/mol. The molecule has 0 fully saturated rings. The molecule has 0 atom stereocenters. The molecule has 4 heteroatoms. The van der Waals surface area contributed by atoms with Crippen molar-refractivity contribution in [3.8, 4) is 0 Å². The van der Waals surface area contributed by atoms with E-state index < -0.39 is 0 Å². The van der Waals surface area contributed by atoms with Crippen LogP contribution in [-0.2, 0) is 5.88 Å². The standard InChI is InChI=1S/C10H17ClN2O/c1-4-13(6-8(2)3)10-12-9(5-11)7-14-10/h7-8H,4-6H2,1-3H3. The third kappa shape index (κ3) is 2.91. The number of anilines is 1. The number of nitrogens with zero attached hydrogens (tertiary/aromatic N) is 2. The lowest BCUT2D eigenvalue weighted by molar-refractivity contribution is 0.511. The SMILES string of the molecule is CCN(CC(C)C)c1nc(CCl)co1. The summed E-state index contributed by atoms with van der Waals surface area (Å²) in [4.78, 5) is 6.39. The van der Waals surface area contributed by atoms with Crippen LogP contribution in [-0.4, -0.2) is 18.1 Å². The Morgan fingerprint density at radius 1 is 1.57 bits per heavy atom. The summed E-state index contributed by atoms with van der Waals surface area (Å²) in [6.07, 6.45) is 1.62. The number of rotatable bonds is 5. The average molecular weight is 217 g/mol. The van der Waals surface area contributed by atoms with Crippen molar-refractivity contribution in [1.82, 2.24) is 4.98 Å². The second-order valence-electron chi connectivity index (χ2n) is 3.69. The Hall–Kier alpha value is -0.700. The minimum Gasteiger partial charge on any atom is -0.432 e. The quantitative estimate of drug-likeness (QED) is 0.709. The molecule has 0 bridgehead atoms. The Labute approximate surface area is 90.1 Å². The van der Waals surface area contributed by atoms with Crippen LogP contribution in [0.3, 0.4) is 0 Å². The molecular formula is C10H17ClN2O. The lowest BCUT2D eigenvalue weighted by Crippen LogP contribution is -2.27. The highest BCUT2D eigenvalue weighted by molar-refractivity contribution is 6.16. The van der Waals surface area contributed by atoms with Crippen LogP contribution in [0.5, 0.6) is 0 Å². The van der Waals surface area contributed by atoms with Gasteiger partial charge < -0.3 is 9.32 Å². The molecule has 0 unspecified atom stereocenters. The molecule has 0 aromatic carbocycles. The van der Waals surface area contributed by atoms with Crippen molar-refractivity contribution in [3.05, 3.63) is 12.0 Å². The second-order valence-corrected chi connectivity index (χ2v) is 3.95. The predicted octanol–water partition coefficient (Wildman–Crippen LogP) is 2.90. The molecule has 0 saturated carbocycles. The van der Waals surface area contributed by atoms with Crippen LogP contribution in [0.4, 0.5) is 6.01 Å². The van der Waals surface area contributed by atoms with Gasteiger partial charge in [-0.25, -0.2) is 0 Å². The van der Waals surface area contributed by atoms with Crippen LogP contribution in [0.15, 0.2) is 10.7 Å². The van der Waals surface area contributed by atoms with Crippen molar-refractivity contribution >= 4 is 17.6 Å². The van der Waals surface area contributed by atoms with E-state index in [2.05, 4.69) is 30.7 Å². The molecule has 80 valence electrons. The van der Waals surface area contributed by atoms with Crippen molar-refractivity contribution in [2.75, 3.05) is 18.0 Å². The zero-order chi connectivity index (χ0) is 10.6. The third-order valence-corrected chi connectivity index (χ3v) is 2.19. The van der Waals surface area contributed by atoms with Crippen molar-refractivity contribution in [3.63, 3.8) is 0 Å². The van der Waals surface area contributed by atoms with Crippen LogP contribution in [0.2, 0.25) is 0 Å². The molecule has 0 amide bonds. The van der Waals surface area contributed by atoms with Gasteiger partial charge in [0.1, 0.15) is 6.26 Å². The highest BCUT2D eigenvalue weighted by Crippen LogP contribution is 2.15. The Bertz CT molecular complexity index is 273. The monoisotopic (exact) mass is 216 g/mol. The molecule has 0 aliphatic carbocycles. The molecule has 0 N–H and O–H groups in total. The lowest BCUT2D eigenvalue weighted by atomic mass is 10.2. The van der Waals surface area contributed by atoms with Gasteiger partial charge in [-0.2, -0.15) is 4.98 Å². The van der Waals surface area contributed by atoms with Crippen molar-refractivity contribution in [2.45, 2.75) is 26.7 Å². The van der Waals surface area contributed by atoms with E-state index in [0.29, 0.717) is 17.8 Å². The molecule has 3 nitrogen and oxygen atoms in total. The van der Waals surface area contributed by atoms with E-state index in [4.69, 9.17) is 16.0 Å². The Morgan fingerprint density at radius 2 is 2.29 bits per heavy atom. The van der Waals surface area contributed by atoms with E-state index in [-0.39, 0.29) is 0 Å². The van der Waals surface area contributed by atoms with Gasteiger partial charge >= 0.3 is 0 Å². The van der Waals surface area contributed by atoms with E-state index in [1.807, 2.05) is 0 Å². The van der Waals surface area contributed by atoms with Gasteiger partial charge in [-0.15, -0.1) is 11.6 Å². The van der Waals surface area contributed by atoms with Crippen LogP contribution in [0.25, 0.3) is 0 Å². The molecule has 0 saturated heterocycles. The summed E-state index contributed by atoms with van der Waals surface area (Å²) in [5.74, 6) is 1.00. The highest BCUT2D eigenvalue weighted by Gasteiger charge is 2.12. The highest BCUT2D eigenvalue weighted by atomic mass is 35.5. The van der Waals surface area contributed by atoms with E-state index in [0.717, 1.165) is 18.8 Å². The summed E-state index contributed by atoms with van der Waals surface area (Å²) in [7, 11) is 0. The largest absolute Gasteiger partial charge is 0.432 e. The summed E-state index contributed by atoms with van der Waals surface area (Å²) in [5.41, 5.74) is 0.795. The summed E-state index contributed by atoms with van der Waals surface area (Å²) in [6, 6.07) is 0.678. The van der Waals surface area contributed by atoms with E-state index in [9.17, 15) is 0 Å². The van der Waals surface area contributed by atoms with Crippen LogP contribution in [0.1, 0.15) is 26.5 Å². The second kappa shape index (κ2) is 5.25. The zero-order valence-electron chi connectivity index (χ0n) is 8.96. The molecule has 1 aromatic heterocycles. The maximum Gasteiger partial charge on any atom is 0.297 e. The average Bonchev–Trinajstić information content (AvgIpc) is 2.62. The minimum atomic E-state index is 0.405. The van der Waals surface area contributed by atoms with Gasteiger partial charge in [-0.3, -0.25) is 0 Å². The molecule has 1 heterocycles. The third-order valence-electron chi connectivity index (χ3n) is 1.91. The Kier molecular flexibility index (Phi) is 4.26. The van der Waals surface area contributed by atoms with Gasteiger partial charge in [0.05, 0.1) is 11.6 Å². The van der Waals surface area contributed by atoms with Gasteiger partial charge in [0, 0.05) is 13.1 Å². The Morgan fingerprint density at radius 3 is 2.71 bits per heavy atom. The lowest BCUT2D eigenvalue weighted by Gasteiger charge is -2.20. The summed E-state index contributed by atoms with van der Waals surface area (Å²) < 4.78 is 5.34. The van der Waals surface area contributed by atoms with Crippen LogP contribution < -0.4 is 4.90 Å². The number of halogens is 1. The first-order chi connectivity index (χ1) is 6.67. The number of hydrogen-bond acceptors (Lipinski definition) is 3. The van der Waals surface area contributed by atoms with Crippen molar-refractivity contribution in [1.29, 1.82) is 0 Å². The minimum absolute atomic E-state index is 0.405. The smallest absolute Gasteiger partial charge is 0.297 e. The molecule has 0 spiro atoms. The number of oxazole rings is 1. The van der Waals surface area contributed by atoms with Crippen LogP contribution >= 0.6 is 11.6 Å². The van der Waals surface area contributed by atoms with Gasteiger partial charge in [0.2, 0.25) is 0 Å². The van der Waals surface area contributed by atoms with E-state index in [1.165, 1.54) is 0 Å². The zero-order valence-corrected chi connectivity index (χ0v) is 9.71. The first-order valence-corrected chi connectivity index (χ1v) is 5.46.